The molecule has 0 aliphatic heterocycles. The number of hydrogen-bond acceptors (Lipinski definition) is 3. The normalized spacial score (nSPS) is 10.9. The van der Waals surface area contributed by atoms with Crippen molar-refractivity contribution >= 4 is 32.8 Å². The molecule has 1 aromatic heterocycles. The van der Waals surface area contributed by atoms with Gasteiger partial charge in [0.25, 0.3) is 0 Å². The van der Waals surface area contributed by atoms with Gasteiger partial charge < -0.3 is 10.2 Å². The molecule has 1 heterocycles. The Kier molecular flexibility index (Phi) is 4.08. The van der Waals surface area contributed by atoms with Gasteiger partial charge in [-0.3, -0.25) is 0 Å². The summed E-state index contributed by atoms with van der Waals surface area (Å²) in [7, 11) is 4.17. The lowest BCUT2D eigenvalue weighted by Gasteiger charge is -2.12. The van der Waals surface area contributed by atoms with Crippen LogP contribution in [0.3, 0.4) is 0 Å². The number of thiophene rings is 1. The van der Waals surface area contributed by atoms with Gasteiger partial charge in [-0.2, -0.15) is 0 Å². The number of rotatable bonds is 4. The number of hydrogen-bond donors (Lipinski definition) is 1. The Balaban J connectivity index is 1.86. The number of anilines is 2. The quantitative estimate of drug-likeness (QED) is 0.713. The summed E-state index contributed by atoms with van der Waals surface area (Å²) in [6.07, 6.45) is 0. The Morgan fingerprint density at radius 1 is 1.05 bits per heavy atom. The molecule has 0 saturated carbocycles. The summed E-state index contributed by atoms with van der Waals surface area (Å²) in [6.45, 7) is 5.23. The third-order valence-electron chi connectivity index (χ3n) is 4.01. The van der Waals surface area contributed by atoms with Gasteiger partial charge in [-0.05, 0) is 60.7 Å². The van der Waals surface area contributed by atoms with Crippen molar-refractivity contribution in [2.45, 2.75) is 20.4 Å². The summed E-state index contributed by atoms with van der Waals surface area (Å²) >= 11 is 1.89. The molecule has 2 nitrogen and oxygen atoms in total. The van der Waals surface area contributed by atoms with Crippen molar-refractivity contribution in [3.05, 3.63) is 58.5 Å². The minimum absolute atomic E-state index is 0.881. The minimum atomic E-state index is 0.881. The average Bonchev–Trinajstić information content (AvgIpc) is 2.81. The van der Waals surface area contributed by atoms with Gasteiger partial charge in [-0.15, -0.1) is 11.3 Å². The predicted molar refractivity (Wildman–Crippen MR) is 99.4 cm³/mol. The Morgan fingerprint density at radius 2 is 1.86 bits per heavy atom. The fourth-order valence-electron chi connectivity index (χ4n) is 2.64. The molecule has 114 valence electrons. The van der Waals surface area contributed by atoms with Gasteiger partial charge in [0.05, 0.1) is 0 Å². The highest BCUT2D eigenvalue weighted by molar-refractivity contribution is 7.19. The zero-order valence-corrected chi connectivity index (χ0v) is 14.4. The molecule has 0 radical (unpaired) electrons. The van der Waals surface area contributed by atoms with Crippen molar-refractivity contribution in [3.63, 3.8) is 0 Å². The first-order valence-electron chi connectivity index (χ1n) is 7.54. The van der Waals surface area contributed by atoms with E-state index in [1.165, 1.54) is 37.5 Å². The molecule has 3 aromatic rings. The maximum absolute atomic E-state index is 3.54. The van der Waals surface area contributed by atoms with E-state index in [0.29, 0.717) is 0 Å². The van der Waals surface area contributed by atoms with E-state index in [4.69, 9.17) is 0 Å². The fourth-order valence-corrected chi connectivity index (χ4v) is 3.77. The molecule has 1 N–H and O–H groups in total. The molecule has 0 atom stereocenters. The highest BCUT2D eigenvalue weighted by Crippen LogP contribution is 2.33. The molecule has 0 aliphatic carbocycles. The maximum atomic E-state index is 3.54. The summed E-state index contributed by atoms with van der Waals surface area (Å²) < 4.78 is 1.36. The number of fused-ring (bicyclic) bond motifs is 1. The van der Waals surface area contributed by atoms with E-state index in [-0.39, 0.29) is 0 Å². The molecule has 22 heavy (non-hydrogen) atoms. The number of aryl methyl sites for hydroxylation is 2. The SMILES string of the molecule is Cc1cccc(NCc2sc3ccc(N(C)C)cc3c2C)c1. The van der Waals surface area contributed by atoms with E-state index >= 15 is 0 Å². The van der Waals surface area contributed by atoms with E-state index in [2.05, 4.69) is 80.6 Å². The van der Waals surface area contributed by atoms with Gasteiger partial charge in [0.15, 0.2) is 0 Å². The van der Waals surface area contributed by atoms with Crippen LogP contribution in [0.25, 0.3) is 10.1 Å². The van der Waals surface area contributed by atoms with Crippen LogP contribution in [0.2, 0.25) is 0 Å². The Bertz CT molecular complexity index is 802. The van der Waals surface area contributed by atoms with Crippen LogP contribution in [0.4, 0.5) is 11.4 Å². The second-order valence-electron chi connectivity index (χ2n) is 5.95. The van der Waals surface area contributed by atoms with E-state index in [1.807, 2.05) is 11.3 Å². The van der Waals surface area contributed by atoms with Crippen LogP contribution in [0.1, 0.15) is 16.0 Å². The van der Waals surface area contributed by atoms with Crippen molar-refractivity contribution in [2.75, 3.05) is 24.3 Å². The van der Waals surface area contributed by atoms with Crippen molar-refractivity contribution in [2.24, 2.45) is 0 Å². The molecule has 3 heteroatoms. The lowest BCUT2D eigenvalue weighted by atomic mass is 10.1. The topological polar surface area (TPSA) is 15.3 Å². The zero-order chi connectivity index (χ0) is 15.7. The number of nitrogens with zero attached hydrogens (tertiary/aromatic N) is 1. The Morgan fingerprint density at radius 3 is 2.59 bits per heavy atom. The predicted octanol–water partition coefficient (Wildman–Crippen LogP) is 5.20. The second-order valence-corrected chi connectivity index (χ2v) is 7.08. The highest BCUT2D eigenvalue weighted by atomic mass is 32.1. The number of benzene rings is 2. The molecule has 0 fully saturated rings. The first-order valence-corrected chi connectivity index (χ1v) is 8.36. The van der Waals surface area contributed by atoms with Crippen LogP contribution in [0.15, 0.2) is 42.5 Å². The molecule has 0 aliphatic rings. The van der Waals surface area contributed by atoms with Crippen molar-refractivity contribution in [1.82, 2.24) is 0 Å². The van der Waals surface area contributed by atoms with Crippen molar-refractivity contribution < 1.29 is 0 Å². The van der Waals surface area contributed by atoms with Crippen LogP contribution >= 0.6 is 11.3 Å². The van der Waals surface area contributed by atoms with Gasteiger partial charge in [0.1, 0.15) is 0 Å². The average molecular weight is 310 g/mol. The van der Waals surface area contributed by atoms with Gasteiger partial charge in [0, 0.05) is 41.6 Å². The van der Waals surface area contributed by atoms with Gasteiger partial charge in [0.2, 0.25) is 0 Å². The third kappa shape index (κ3) is 2.95. The largest absolute Gasteiger partial charge is 0.380 e. The molecular weight excluding hydrogens is 288 g/mol. The summed E-state index contributed by atoms with van der Waals surface area (Å²) in [5.74, 6) is 0. The minimum Gasteiger partial charge on any atom is -0.380 e. The summed E-state index contributed by atoms with van der Waals surface area (Å²) in [5.41, 5.74) is 5.12. The van der Waals surface area contributed by atoms with Crippen LogP contribution < -0.4 is 10.2 Å². The van der Waals surface area contributed by atoms with E-state index < -0.39 is 0 Å². The van der Waals surface area contributed by atoms with Crippen LogP contribution in [0, 0.1) is 13.8 Å². The van der Waals surface area contributed by atoms with Crippen LogP contribution in [-0.4, -0.2) is 14.1 Å². The highest BCUT2D eigenvalue weighted by Gasteiger charge is 2.09. The lowest BCUT2D eigenvalue weighted by Crippen LogP contribution is -2.07. The summed E-state index contributed by atoms with van der Waals surface area (Å²) in [6, 6.07) is 15.2. The van der Waals surface area contributed by atoms with E-state index in [0.717, 1.165) is 6.54 Å². The molecule has 2 aromatic carbocycles. The molecule has 0 bridgehead atoms. The zero-order valence-electron chi connectivity index (χ0n) is 13.6. The van der Waals surface area contributed by atoms with E-state index in [1.54, 1.807) is 0 Å². The Labute approximate surface area is 136 Å². The molecular formula is C19H22N2S. The molecule has 0 amide bonds. The van der Waals surface area contributed by atoms with Crippen LogP contribution in [0.5, 0.6) is 0 Å². The monoisotopic (exact) mass is 310 g/mol. The summed E-state index contributed by atoms with van der Waals surface area (Å²) in [5, 5.41) is 4.91. The standard InChI is InChI=1S/C19H22N2S/c1-13-6-5-7-15(10-13)20-12-19-14(2)17-11-16(21(3)4)8-9-18(17)22-19/h5-11,20H,12H2,1-4H3. The summed E-state index contributed by atoms with van der Waals surface area (Å²) in [4.78, 5) is 3.56. The first-order chi connectivity index (χ1) is 10.5. The number of nitrogens with one attached hydrogen (secondary N) is 1. The smallest absolute Gasteiger partial charge is 0.0497 e. The molecule has 0 spiro atoms. The lowest BCUT2D eigenvalue weighted by molar-refractivity contribution is 1.13. The molecule has 3 rings (SSSR count). The maximum Gasteiger partial charge on any atom is 0.0497 e. The van der Waals surface area contributed by atoms with Crippen LogP contribution in [-0.2, 0) is 6.54 Å². The Hall–Kier alpha value is -2.00. The third-order valence-corrected chi connectivity index (χ3v) is 5.28. The van der Waals surface area contributed by atoms with E-state index in [9.17, 15) is 0 Å². The first kappa shape index (κ1) is 14.9. The molecule has 0 unspecified atom stereocenters. The van der Waals surface area contributed by atoms with Crippen molar-refractivity contribution in [3.8, 4) is 0 Å². The second kappa shape index (κ2) is 6.01. The van der Waals surface area contributed by atoms with Gasteiger partial charge in [-0.1, -0.05) is 12.1 Å². The molecule has 0 saturated heterocycles. The fraction of sp³-hybridized carbons (Fsp3) is 0.263. The van der Waals surface area contributed by atoms with Gasteiger partial charge >= 0.3 is 0 Å². The van der Waals surface area contributed by atoms with Crippen molar-refractivity contribution in [1.29, 1.82) is 0 Å². The van der Waals surface area contributed by atoms with Gasteiger partial charge in [-0.25, -0.2) is 0 Å².